The van der Waals surface area contributed by atoms with Crippen LogP contribution in [0.2, 0.25) is 0 Å². The van der Waals surface area contributed by atoms with E-state index in [1.54, 1.807) is 0 Å². The van der Waals surface area contributed by atoms with Gasteiger partial charge in [-0.3, -0.25) is 0 Å². The van der Waals surface area contributed by atoms with Gasteiger partial charge in [0.25, 0.3) is 0 Å². The van der Waals surface area contributed by atoms with Crippen molar-refractivity contribution in [3.63, 3.8) is 0 Å². The molecule has 21 heavy (non-hydrogen) atoms. The van der Waals surface area contributed by atoms with Crippen molar-refractivity contribution < 1.29 is 32.7 Å². The zero-order chi connectivity index (χ0) is 14.5. The molecule has 2 rings (SSSR count). The van der Waals surface area contributed by atoms with E-state index < -0.39 is 0 Å². The molecular weight excluding hydrogens is 329 g/mol. The molecule has 0 heterocycles. The van der Waals surface area contributed by atoms with E-state index in [4.69, 9.17) is 0 Å². The number of hydrogen-bond acceptors (Lipinski definition) is 0. The summed E-state index contributed by atoms with van der Waals surface area (Å²) in [5.41, 5.74) is 0. The molecule has 1 radical (unpaired) electrons. The second-order valence-electron chi connectivity index (χ2n) is 2.31. The first kappa shape index (κ1) is 37.1. The molecule has 0 nitrogen and oxygen atoms in total. The summed E-state index contributed by atoms with van der Waals surface area (Å²) in [6.07, 6.45) is 0. The van der Waals surface area contributed by atoms with Crippen molar-refractivity contribution in [1.29, 1.82) is 0 Å². The van der Waals surface area contributed by atoms with E-state index in [1.165, 1.54) is 0 Å². The SMILES string of the molecule is C.CC.CC.CC.[CH3-].[Y].c1ccccc1.c1ccccc1. The monoisotopic (exact) mass is 366 g/mol. The Bertz CT molecular complexity index is 181. The van der Waals surface area contributed by atoms with Crippen LogP contribution in [0, 0.1) is 7.43 Å². The van der Waals surface area contributed by atoms with Crippen LogP contribution in [0.5, 0.6) is 0 Å². The number of benzene rings is 2. The first-order chi connectivity index (χ1) is 9.00. The average molecular weight is 366 g/mol. The Morgan fingerprint density at radius 1 is 0.333 bits per heavy atom. The maximum absolute atomic E-state index is 2.00. The summed E-state index contributed by atoms with van der Waals surface area (Å²) in [5, 5.41) is 0. The molecule has 0 saturated carbocycles. The van der Waals surface area contributed by atoms with Gasteiger partial charge < -0.3 is 7.43 Å². The minimum Gasteiger partial charge on any atom is -0.358 e. The standard InChI is InChI=1S/2C6H6.3C2H6.CH4.CH3.Y/c2*1-2-4-6-5-3-1;3*1-2;;;/h2*1-6H;3*1-2H3;1H4;1H3;/q;;;;;;-1;. The largest absolute Gasteiger partial charge is 0.358 e. The van der Waals surface area contributed by atoms with Crippen LogP contribution in [-0.4, -0.2) is 0 Å². The minimum absolute atomic E-state index is 0. The van der Waals surface area contributed by atoms with Crippen LogP contribution >= 0.6 is 0 Å². The average Bonchev–Trinajstić information content (AvgIpc) is 2.57. The summed E-state index contributed by atoms with van der Waals surface area (Å²) < 4.78 is 0. The zero-order valence-electron chi connectivity index (χ0n) is 14.5. The maximum Gasteiger partial charge on any atom is 0 e. The van der Waals surface area contributed by atoms with Gasteiger partial charge in [-0.15, -0.1) is 0 Å². The molecule has 0 aromatic heterocycles. The first-order valence-electron chi connectivity index (χ1n) is 7.00. The Morgan fingerprint density at radius 2 is 0.381 bits per heavy atom. The molecule has 0 aliphatic rings. The van der Waals surface area contributed by atoms with Crippen LogP contribution in [0.3, 0.4) is 0 Å². The quantitative estimate of drug-likeness (QED) is 0.423. The van der Waals surface area contributed by atoms with E-state index in [1.807, 2.05) is 114 Å². The van der Waals surface area contributed by atoms with E-state index in [0.29, 0.717) is 0 Å². The Balaban J connectivity index is -0.0000000359. The van der Waals surface area contributed by atoms with Crippen molar-refractivity contribution in [1.82, 2.24) is 0 Å². The van der Waals surface area contributed by atoms with Gasteiger partial charge >= 0.3 is 0 Å². The molecule has 2 aromatic carbocycles. The molecule has 0 aliphatic carbocycles. The van der Waals surface area contributed by atoms with Gasteiger partial charge in [0, 0.05) is 32.7 Å². The minimum atomic E-state index is 0. The molecule has 0 amide bonds. The normalized spacial score (nSPS) is 5.43. The van der Waals surface area contributed by atoms with Crippen LogP contribution in [0.1, 0.15) is 49.0 Å². The predicted octanol–water partition coefficient (Wildman–Crippen LogP) is 7.54. The molecular formula is C20H37Y-. The van der Waals surface area contributed by atoms with Gasteiger partial charge in [-0.05, 0) is 0 Å². The summed E-state index contributed by atoms with van der Waals surface area (Å²) in [6, 6.07) is 24.0. The van der Waals surface area contributed by atoms with Crippen LogP contribution in [0.25, 0.3) is 0 Å². The third-order valence-corrected chi connectivity index (χ3v) is 1.33. The molecule has 121 valence electrons. The second kappa shape index (κ2) is 50.4. The number of hydrogen-bond donors (Lipinski definition) is 0. The Hall–Kier alpha value is -0.456. The first-order valence-corrected chi connectivity index (χ1v) is 7.00. The Labute approximate surface area is 161 Å². The van der Waals surface area contributed by atoms with Crippen LogP contribution in [0.4, 0.5) is 0 Å². The van der Waals surface area contributed by atoms with Gasteiger partial charge in [-0.2, -0.15) is 0 Å². The molecule has 0 bridgehead atoms. The van der Waals surface area contributed by atoms with Gasteiger partial charge in [-0.1, -0.05) is 122 Å². The fraction of sp³-hybridized carbons (Fsp3) is 0.350. The summed E-state index contributed by atoms with van der Waals surface area (Å²) in [5.74, 6) is 0. The second-order valence-corrected chi connectivity index (χ2v) is 2.31. The molecule has 2 aromatic rings. The number of rotatable bonds is 0. The molecule has 0 aliphatic heterocycles. The summed E-state index contributed by atoms with van der Waals surface area (Å²) in [6.45, 7) is 12.0. The van der Waals surface area contributed by atoms with Gasteiger partial charge in [-0.25, -0.2) is 0 Å². The van der Waals surface area contributed by atoms with Crippen molar-refractivity contribution in [2.24, 2.45) is 0 Å². The molecule has 0 atom stereocenters. The van der Waals surface area contributed by atoms with E-state index in [9.17, 15) is 0 Å². The molecule has 0 spiro atoms. The Kier molecular flexibility index (Phi) is 89.1. The van der Waals surface area contributed by atoms with E-state index in [0.717, 1.165) is 0 Å². The van der Waals surface area contributed by atoms with E-state index in [2.05, 4.69) is 0 Å². The topological polar surface area (TPSA) is 0 Å². The van der Waals surface area contributed by atoms with Crippen LogP contribution in [0.15, 0.2) is 72.8 Å². The summed E-state index contributed by atoms with van der Waals surface area (Å²) >= 11 is 0. The van der Waals surface area contributed by atoms with Crippen LogP contribution < -0.4 is 0 Å². The van der Waals surface area contributed by atoms with Crippen molar-refractivity contribution in [3.8, 4) is 0 Å². The van der Waals surface area contributed by atoms with E-state index in [-0.39, 0.29) is 47.6 Å². The van der Waals surface area contributed by atoms with Gasteiger partial charge in [0.2, 0.25) is 0 Å². The van der Waals surface area contributed by atoms with Crippen LogP contribution in [-0.2, 0) is 32.7 Å². The van der Waals surface area contributed by atoms with Gasteiger partial charge in [0.1, 0.15) is 0 Å². The molecule has 1 heteroatoms. The van der Waals surface area contributed by atoms with Crippen molar-refractivity contribution in [2.45, 2.75) is 49.0 Å². The third kappa shape index (κ3) is 45.1. The molecule has 0 N–H and O–H groups in total. The molecule has 0 saturated heterocycles. The molecule has 0 unspecified atom stereocenters. The Morgan fingerprint density at radius 3 is 0.429 bits per heavy atom. The van der Waals surface area contributed by atoms with Crippen molar-refractivity contribution in [2.75, 3.05) is 0 Å². The van der Waals surface area contributed by atoms with Gasteiger partial charge in [0.15, 0.2) is 0 Å². The zero-order valence-corrected chi connectivity index (χ0v) is 17.3. The summed E-state index contributed by atoms with van der Waals surface area (Å²) in [7, 11) is 0. The van der Waals surface area contributed by atoms with Gasteiger partial charge in [0.05, 0.1) is 0 Å². The van der Waals surface area contributed by atoms with Crippen molar-refractivity contribution in [3.05, 3.63) is 80.2 Å². The fourth-order valence-corrected chi connectivity index (χ4v) is 0.770. The molecule has 0 fully saturated rings. The smallest absolute Gasteiger partial charge is 0 e. The van der Waals surface area contributed by atoms with E-state index >= 15 is 0 Å². The fourth-order valence-electron chi connectivity index (χ4n) is 0.770. The maximum atomic E-state index is 2.00. The van der Waals surface area contributed by atoms with Crippen molar-refractivity contribution >= 4 is 0 Å². The third-order valence-electron chi connectivity index (χ3n) is 1.33. The predicted molar refractivity (Wildman–Crippen MR) is 100 cm³/mol. The summed E-state index contributed by atoms with van der Waals surface area (Å²) in [4.78, 5) is 0.